The van der Waals surface area contributed by atoms with Crippen molar-refractivity contribution in [1.29, 1.82) is 0 Å². The average Bonchev–Trinajstić information content (AvgIpc) is 2.54. The molecular formula is C14H20BrClS. The smallest absolute Gasteiger partial charge is 0.0960 e. The molecule has 1 fully saturated rings. The Hall–Kier alpha value is 0.470. The Morgan fingerprint density at radius 3 is 2.53 bits per heavy atom. The summed E-state index contributed by atoms with van der Waals surface area (Å²) in [4.78, 5) is 1.90. The standard InChI is InChI=1S/C14H20BrClS/c1-10-8-13(17-14(10)16)12(15)9-11-6-4-2-3-5-7-11/h8,11-12H,2-7,9H2,1H3. The molecule has 1 aliphatic rings. The molecule has 0 nitrogen and oxygen atoms in total. The molecule has 96 valence electrons. The van der Waals surface area contributed by atoms with Gasteiger partial charge in [-0.15, -0.1) is 11.3 Å². The molecular weight excluding hydrogens is 316 g/mol. The van der Waals surface area contributed by atoms with Crippen LogP contribution in [-0.2, 0) is 0 Å². The van der Waals surface area contributed by atoms with E-state index in [9.17, 15) is 0 Å². The second-order valence-electron chi connectivity index (χ2n) is 5.17. The van der Waals surface area contributed by atoms with Crippen molar-refractivity contribution in [3.63, 3.8) is 0 Å². The van der Waals surface area contributed by atoms with Crippen LogP contribution in [-0.4, -0.2) is 0 Å². The van der Waals surface area contributed by atoms with Gasteiger partial charge in [0.2, 0.25) is 0 Å². The lowest BCUT2D eigenvalue weighted by molar-refractivity contribution is 0.428. The van der Waals surface area contributed by atoms with Crippen LogP contribution in [0.3, 0.4) is 0 Å². The molecule has 2 rings (SSSR count). The number of aryl methyl sites for hydroxylation is 1. The Morgan fingerprint density at radius 2 is 2.00 bits per heavy atom. The van der Waals surface area contributed by atoms with Gasteiger partial charge < -0.3 is 0 Å². The third-order valence-corrected chi connectivity index (χ3v) is 6.54. The van der Waals surface area contributed by atoms with Crippen molar-refractivity contribution < 1.29 is 0 Å². The molecule has 0 N–H and O–H groups in total. The maximum atomic E-state index is 6.14. The van der Waals surface area contributed by atoms with Gasteiger partial charge in [0.25, 0.3) is 0 Å². The molecule has 0 spiro atoms. The van der Waals surface area contributed by atoms with Crippen molar-refractivity contribution in [3.05, 3.63) is 20.8 Å². The molecule has 0 amide bonds. The monoisotopic (exact) mass is 334 g/mol. The predicted molar refractivity (Wildman–Crippen MR) is 81.5 cm³/mol. The Morgan fingerprint density at radius 1 is 1.35 bits per heavy atom. The maximum Gasteiger partial charge on any atom is 0.0960 e. The van der Waals surface area contributed by atoms with Gasteiger partial charge in [-0.3, -0.25) is 0 Å². The summed E-state index contributed by atoms with van der Waals surface area (Å²) in [5, 5.41) is 0. The van der Waals surface area contributed by atoms with Crippen molar-refractivity contribution in [2.24, 2.45) is 5.92 Å². The third-order valence-electron chi connectivity index (χ3n) is 3.70. The predicted octanol–water partition coefficient (Wildman–Crippen LogP) is 6.51. The van der Waals surface area contributed by atoms with Crippen LogP contribution in [0.25, 0.3) is 0 Å². The van der Waals surface area contributed by atoms with Gasteiger partial charge in [0.05, 0.1) is 4.34 Å². The van der Waals surface area contributed by atoms with Crippen LogP contribution in [0.2, 0.25) is 4.34 Å². The number of alkyl halides is 1. The molecule has 3 heteroatoms. The molecule has 0 aromatic carbocycles. The summed E-state index contributed by atoms with van der Waals surface area (Å²) in [5.74, 6) is 0.906. The molecule has 1 unspecified atom stereocenters. The zero-order valence-electron chi connectivity index (χ0n) is 10.3. The SMILES string of the molecule is Cc1cc(C(Br)CC2CCCCCC2)sc1Cl. The summed E-state index contributed by atoms with van der Waals surface area (Å²) >= 11 is 11.7. The van der Waals surface area contributed by atoms with E-state index in [1.54, 1.807) is 11.3 Å². The maximum absolute atomic E-state index is 6.14. The van der Waals surface area contributed by atoms with Crippen LogP contribution in [0, 0.1) is 12.8 Å². The molecule has 1 aromatic rings. The lowest BCUT2D eigenvalue weighted by atomic mass is 9.94. The van der Waals surface area contributed by atoms with Crippen LogP contribution < -0.4 is 0 Å². The molecule has 0 bridgehead atoms. The molecule has 0 saturated heterocycles. The highest BCUT2D eigenvalue weighted by Crippen LogP contribution is 2.40. The summed E-state index contributed by atoms with van der Waals surface area (Å²) in [7, 11) is 0. The summed E-state index contributed by atoms with van der Waals surface area (Å²) < 4.78 is 0.949. The van der Waals surface area contributed by atoms with Crippen LogP contribution in [0.15, 0.2) is 6.07 Å². The minimum atomic E-state index is 0.502. The molecule has 1 atom stereocenters. The first-order valence-corrected chi connectivity index (χ1v) is 8.67. The first kappa shape index (κ1) is 13.9. The lowest BCUT2D eigenvalue weighted by Gasteiger charge is -2.17. The molecule has 17 heavy (non-hydrogen) atoms. The fourth-order valence-electron chi connectivity index (χ4n) is 2.65. The molecule has 1 aromatic heterocycles. The van der Waals surface area contributed by atoms with Crippen LogP contribution >= 0.6 is 38.9 Å². The highest BCUT2D eigenvalue weighted by atomic mass is 79.9. The Kier molecular flexibility index (Phi) is 5.38. The summed E-state index contributed by atoms with van der Waals surface area (Å²) in [6, 6.07) is 2.24. The van der Waals surface area contributed by atoms with Gasteiger partial charge in [0.15, 0.2) is 0 Å². The van der Waals surface area contributed by atoms with E-state index in [1.165, 1.54) is 55.4 Å². The Bertz CT molecular complexity index is 334. The number of halogens is 2. The summed E-state index contributed by atoms with van der Waals surface area (Å²) in [6.07, 6.45) is 9.83. The van der Waals surface area contributed by atoms with Gasteiger partial charge >= 0.3 is 0 Å². The zero-order chi connectivity index (χ0) is 12.3. The van der Waals surface area contributed by atoms with E-state index >= 15 is 0 Å². The molecule has 1 heterocycles. The van der Waals surface area contributed by atoms with Crippen molar-refractivity contribution >= 4 is 38.9 Å². The largest absolute Gasteiger partial charge is 0.127 e. The van der Waals surface area contributed by atoms with Gasteiger partial charge in [0.1, 0.15) is 0 Å². The lowest BCUT2D eigenvalue weighted by Crippen LogP contribution is -2.02. The summed E-state index contributed by atoms with van der Waals surface area (Å²) in [6.45, 7) is 2.09. The molecule has 0 radical (unpaired) electrons. The number of hydrogen-bond acceptors (Lipinski definition) is 1. The highest BCUT2D eigenvalue weighted by molar-refractivity contribution is 9.09. The van der Waals surface area contributed by atoms with Crippen molar-refractivity contribution in [2.75, 3.05) is 0 Å². The van der Waals surface area contributed by atoms with Crippen molar-refractivity contribution in [2.45, 2.75) is 56.7 Å². The fraction of sp³-hybridized carbons (Fsp3) is 0.714. The minimum Gasteiger partial charge on any atom is -0.127 e. The van der Waals surface area contributed by atoms with Crippen LogP contribution in [0.4, 0.5) is 0 Å². The number of rotatable bonds is 3. The normalized spacial score (nSPS) is 20.2. The van der Waals surface area contributed by atoms with Gasteiger partial charge in [-0.25, -0.2) is 0 Å². The Labute approximate surface area is 122 Å². The molecule has 1 aliphatic carbocycles. The van der Waals surface area contributed by atoms with Crippen LogP contribution in [0.1, 0.15) is 60.2 Å². The zero-order valence-corrected chi connectivity index (χ0v) is 13.5. The number of hydrogen-bond donors (Lipinski definition) is 0. The fourth-order valence-corrected chi connectivity index (χ4v) is 4.80. The van der Waals surface area contributed by atoms with Crippen molar-refractivity contribution in [1.82, 2.24) is 0 Å². The van der Waals surface area contributed by atoms with E-state index in [4.69, 9.17) is 11.6 Å². The second-order valence-corrected chi connectivity index (χ2v) is 7.96. The number of thiophene rings is 1. The van der Waals surface area contributed by atoms with E-state index in [2.05, 4.69) is 28.9 Å². The van der Waals surface area contributed by atoms with Crippen molar-refractivity contribution in [3.8, 4) is 0 Å². The topological polar surface area (TPSA) is 0 Å². The first-order chi connectivity index (χ1) is 8.16. The average molecular weight is 336 g/mol. The van der Waals surface area contributed by atoms with E-state index < -0.39 is 0 Å². The van der Waals surface area contributed by atoms with Crippen LogP contribution in [0.5, 0.6) is 0 Å². The van der Waals surface area contributed by atoms with Gasteiger partial charge in [-0.05, 0) is 30.9 Å². The molecule has 1 saturated carbocycles. The van der Waals surface area contributed by atoms with Gasteiger partial charge in [-0.1, -0.05) is 66.1 Å². The highest BCUT2D eigenvalue weighted by Gasteiger charge is 2.19. The second kappa shape index (κ2) is 6.58. The third kappa shape index (κ3) is 3.97. The van der Waals surface area contributed by atoms with Gasteiger partial charge in [0, 0.05) is 9.70 Å². The van der Waals surface area contributed by atoms with E-state index in [0.29, 0.717) is 4.83 Å². The first-order valence-electron chi connectivity index (χ1n) is 6.56. The van der Waals surface area contributed by atoms with E-state index in [0.717, 1.165) is 10.3 Å². The quantitative estimate of drug-likeness (QED) is 0.436. The van der Waals surface area contributed by atoms with Gasteiger partial charge in [-0.2, -0.15) is 0 Å². The van der Waals surface area contributed by atoms with E-state index in [1.807, 2.05) is 0 Å². The molecule has 0 aliphatic heterocycles. The summed E-state index contributed by atoms with van der Waals surface area (Å²) in [5.41, 5.74) is 1.22. The Balaban J connectivity index is 1.93. The van der Waals surface area contributed by atoms with E-state index in [-0.39, 0.29) is 0 Å². The minimum absolute atomic E-state index is 0.502.